The van der Waals surface area contributed by atoms with Gasteiger partial charge < -0.3 is 25.0 Å². The maximum absolute atomic E-state index is 11.7. The van der Waals surface area contributed by atoms with E-state index in [1.54, 1.807) is 54.7 Å². The molecule has 13 heteroatoms. The molecule has 0 fully saturated rings. The average molecular weight is 529 g/mol. The molecule has 2 heterocycles. The Hall–Kier alpha value is -4.29. The van der Waals surface area contributed by atoms with Gasteiger partial charge in [0.2, 0.25) is 16.0 Å². The first-order valence-corrected chi connectivity index (χ1v) is 12.6. The Labute approximate surface area is 211 Å². The fourth-order valence-corrected chi connectivity index (χ4v) is 4.07. The Kier molecular flexibility index (Phi) is 6.99. The average Bonchev–Trinajstić information content (AvgIpc) is 3.32. The number of aromatic carboxylic acids is 1. The molecule has 0 unspecified atom stereocenters. The van der Waals surface area contributed by atoms with E-state index in [1.807, 2.05) is 0 Å². The van der Waals surface area contributed by atoms with Crippen LogP contribution in [0.5, 0.6) is 5.75 Å². The number of carbonyl (C=O) groups is 1. The number of ether oxygens (including phenoxy) is 1. The molecular weight excluding hydrogens is 508 g/mol. The van der Waals surface area contributed by atoms with Crippen molar-refractivity contribution < 1.29 is 23.1 Å². The van der Waals surface area contributed by atoms with Gasteiger partial charge in [-0.15, -0.1) is 0 Å². The van der Waals surface area contributed by atoms with Crippen LogP contribution in [-0.2, 0) is 10.0 Å². The standard InChI is InChI=1S/C23H21ClN6O5S/c1-35-20-12-14(30-11-5-8-19(30)22(31)32)9-10-18(20)27-23-25-13-15(24)21(28-23)26-16-6-3-4-7-17(16)29-36(2,33)34/h3-13,29H,1-2H3,(H,31,32)(H2,25,26,27,28). The van der Waals surface area contributed by atoms with Gasteiger partial charge in [-0.25, -0.2) is 18.2 Å². The number of halogens is 1. The van der Waals surface area contributed by atoms with E-state index < -0.39 is 16.0 Å². The van der Waals surface area contributed by atoms with Crippen molar-refractivity contribution >= 4 is 56.4 Å². The molecule has 0 saturated heterocycles. The van der Waals surface area contributed by atoms with Crippen molar-refractivity contribution in [2.45, 2.75) is 0 Å². The number of anilines is 5. The Morgan fingerprint density at radius 2 is 1.81 bits per heavy atom. The summed E-state index contributed by atoms with van der Waals surface area (Å²) in [6.07, 6.45) is 4.09. The monoisotopic (exact) mass is 528 g/mol. The van der Waals surface area contributed by atoms with Crippen molar-refractivity contribution in [2.75, 3.05) is 28.7 Å². The lowest BCUT2D eigenvalue weighted by atomic mass is 10.2. The van der Waals surface area contributed by atoms with Crippen LogP contribution in [0.2, 0.25) is 5.02 Å². The van der Waals surface area contributed by atoms with Gasteiger partial charge in [-0.3, -0.25) is 4.72 Å². The van der Waals surface area contributed by atoms with Crippen molar-refractivity contribution in [1.82, 2.24) is 14.5 Å². The zero-order valence-corrected chi connectivity index (χ0v) is 20.6. The van der Waals surface area contributed by atoms with Crippen LogP contribution in [0.4, 0.5) is 28.8 Å². The summed E-state index contributed by atoms with van der Waals surface area (Å²) in [5.74, 6) is -0.197. The van der Waals surface area contributed by atoms with Crippen LogP contribution >= 0.6 is 11.6 Å². The number of hydrogen-bond donors (Lipinski definition) is 4. The summed E-state index contributed by atoms with van der Waals surface area (Å²) in [5, 5.41) is 15.7. The van der Waals surface area contributed by atoms with Crippen LogP contribution < -0.4 is 20.1 Å². The van der Waals surface area contributed by atoms with Crippen molar-refractivity contribution in [3.63, 3.8) is 0 Å². The second-order valence-corrected chi connectivity index (χ2v) is 9.67. The number of hydrogen-bond acceptors (Lipinski definition) is 8. The smallest absolute Gasteiger partial charge is 0.352 e. The van der Waals surface area contributed by atoms with Crippen molar-refractivity contribution in [2.24, 2.45) is 0 Å². The maximum Gasteiger partial charge on any atom is 0.352 e. The molecule has 4 rings (SSSR count). The SMILES string of the molecule is COc1cc(-n2cccc2C(=O)O)ccc1Nc1ncc(Cl)c(Nc2ccccc2NS(C)(=O)=O)n1. The molecule has 0 aliphatic heterocycles. The van der Waals surface area contributed by atoms with Gasteiger partial charge in [0.1, 0.15) is 16.5 Å². The number of methoxy groups -OCH3 is 1. The minimum absolute atomic E-state index is 0.111. The Bertz CT molecular complexity index is 1540. The fraction of sp³-hybridized carbons (Fsp3) is 0.0870. The van der Waals surface area contributed by atoms with Gasteiger partial charge >= 0.3 is 5.97 Å². The molecule has 4 aromatic rings. The molecule has 0 saturated carbocycles. The molecular formula is C23H21ClN6O5S. The number of para-hydroxylation sites is 2. The molecule has 0 aliphatic carbocycles. The molecule has 186 valence electrons. The molecule has 4 N–H and O–H groups in total. The topological polar surface area (TPSA) is 147 Å². The quantitative estimate of drug-likeness (QED) is 0.246. The van der Waals surface area contributed by atoms with Crippen LogP contribution in [0.25, 0.3) is 5.69 Å². The zero-order chi connectivity index (χ0) is 25.9. The van der Waals surface area contributed by atoms with Crippen LogP contribution in [0, 0.1) is 0 Å². The van der Waals surface area contributed by atoms with Crippen LogP contribution in [-0.4, -0.2) is 47.4 Å². The zero-order valence-electron chi connectivity index (χ0n) is 19.1. The van der Waals surface area contributed by atoms with Crippen LogP contribution in [0.15, 0.2) is 67.0 Å². The number of benzene rings is 2. The number of nitrogens with zero attached hydrogens (tertiary/aromatic N) is 3. The molecule has 0 aliphatic rings. The van der Waals surface area contributed by atoms with E-state index in [-0.39, 0.29) is 22.5 Å². The molecule has 0 radical (unpaired) electrons. The summed E-state index contributed by atoms with van der Waals surface area (Å²) in [4.78, 5) is 20.1. The highest BCUT2D eigenvalue weighted by molar-refractivity contribution is 7.92. The summed E-state index contributed by atoms with van der Waals surface area (Å²) < 4.78 is 32.8. The predicted octanol–water partition coefficient (Wildman–Crippen LogP) is 4.49. The third kappa shape index (κ3) is 5.67. The lowest BCUT2D eigenvalue weighted by Gasteiger charge is -2.15. The second kappa shape index (κ2) is 10.1. The number of sulfonamides is 1. The van der Waals surface area contributed by atoms with Gasteiger partial charge in [0.15, 0.2) is 5.82 Å². The minimum Gasteiger partial charge on any atom is -0.494 e. The second-order valence-electron chi connectivity index (χ2n) is 7.51. The minimum atomic E-state index is -3.50. The fourth-order valence-electron chi connectivity index (χ4n) is 3.36. The van der Waals surface area contributed by atoms with E-state index in [0.717, 1.165) is 6.26 Å². The largest absolute Gasteiger partial charge is 0.494 e. The highest BCUT2D eigenvalue weighted by Crippen LogP contribution is 2.32. The van der Waals surface area contributed by atoms with Crippen molar-refractivity contribution in [3.8, 4) is 11.4 Å². The van der Waals surface area contributed by atoms with E-state index in [9.17, 15) is 18.3 Å². The van der Waals surface area contributed by atoms with Gasteiger partial charge in [0.05, 0.1) is 36.6 Å². The molecule has 2 aromatic heterocycles. The molecule has 0 spiro atoms. The lowest BCUT2D eigenvalue weighted by molar-refractivity contribution is 0.0688. The van der Waals surface area contributed by atoms with Gasteiger partial charge in [0, 0.05) is 18.0 Å². The lowest BCUT2D eigenvalue weighted by Crippen LogP contribution is -2.11. The van der Waals surface area contributed by atoms with Gasteiger partial charge in [-0.05, 0) is 36.4 Å². The summed E-state index contributed by atoms with van der Waals surface area (Å²) in [7, 11) is -2.02. The Balaban J connectivity index is 1.61. The molecule has 36 heavy (non-hydrogen) atoms. The first-order chi connectivity index (χ1) is 17.1. The highest BCUT2D eigenvalue weighted by Gasteiger charge is 2.15. The number of aromatic nitrogens is 3. The summed E-state index contributed by atoms with van der Waals surface area (Å²) in [6, 6.07) is 14.9. The van der Waals surface area contributed by atoms with E-state index in [0.29, 0.717) is 28.5 Å². The number of carboxylic acids is 1. The van der Waals surface area contributed by atoms with E-state index in [2.05, 4.69) is 25.3 Å². The summed E-state index contributed by atoms with van der Waals surface area (Å²) in [6.45, 7) is 0. The molecule has 11 nitrogen and oxygen atoms in total. The van der Waals surface area contributed by atoms with E-state index in [1.165, 1.54) is 23.9 Å². The number of rotatable bonds is 9. The van der Waals surface area contributed by atoms with Crippen molar-refractivity contribution in [3.05, 3.63) is 77.7 Å². The number of nitrogens with one attached hydrogen (secondary N) is 3. The first kappa shape index (κ1) is 24.8. The predicted molar refractivity (Wildman–Crippen MR) is 138 cm³/mol. The summed E-state index contributed by atoms with van der Waals surface area (Å²) >= 11 is 6.28. The van der Waals surface area contributed by atoms with Crippen molar-refractivity contribution in [1.29, 1.82) is 0 Å². The van der Waals surface area contributed by atoms with E-state index >= 15 is 0 Å². The normalized spacial score (nSPS) is 11.1. The Morgan fingerprint density at radius 1 is 1.06 bits per heavy atom. The summed E-state index contributed by atoms with van der Waals surface area (Å²) in [5.41, 5.74) is 2.00. The highest BCUT2D eigenvalue weighted by atomic mass is 35.5. The maximum atomic E-state index is 11.7. The van der Waals surface area contributed by atoms with E-state index in [4.69, 9.17) is 16.3 Å². The third-order valence-corrected chi connectivity index (χ3v) is 5.76. The van der Waals surface area contributed by atoms with Crippen LogP contribution in [0.1, 0.15) is 10.5 Å². The van der Waals surface area contributed by atoms with Crippen LogP contribution in [0.3, 0.4) is 0 Å². The Morgan fingerprint density at radius 3 is 2.50 bits per heavy atom. The van der Waals surface area contributed by atoms with Gasteiger partial charge in [-0.2, -0.15) is 4.98 Å². The molecule has 0 atom stereocenters. The van der Waals surface area contributed by atoms with Gasteiger partial charge in [0.25, 0.3) is 0 Å². The molecule has 0 bridgehead atoms. The first-order valence-electron chi connectivity index (χ1n) is 10.4. The molecule has 2 aromatic carbocycles. The number of carboxylic acid groups (broad SMARTS) is 1. The molecule has 0 amide bonds. The third-order valence-electron chi connectivity index (χ3n) is 4.90. The van der Waals surface area contributed by atoms with Gasteiger partial charge in [-0.1, -0.05) is 23.7 Å².